The standard InChI is InChI=1S/C16H20N2OS/c1-9(2)8-18-11(4)17-15-14(16(18)19)12-6-5-10(3)7-13(12)20-15/h10H,1,5-8H2,2-4H3. The Balaban J connectivity index is 2.26. The molecule has 2 heterocycles. The van der Waals surface area contributed by atoms with Gasteiger partial charge in [-0.25, -0.2) is 4.98 Å². The number of allylic oxidation sites excluding steroid dienone is 1. The Bertz CT molecular complexity index is 754. The molecule has 1 atom stereocenters. The van der Waals surface area contributed by atoms with Gasteiger partial charge in [0.1, 0.15) is 10.7 Å². The zero-order chi connectivity index (χ0) is 14.4. The van der Waals surface area contributed by atoms with Gasteiger partial charge in [-0.1, -0.05) is 19.1 Å². The van der Waals surface area contributed by atoms with E-state index in [2.05, 4.69) is 18.5 Å². The van der Waals surface area contributed by atoms with Gasteiger partial charge in [-0.05, 0) is 44.6 Å². The Kier molecular flexibility index (Phi) is 3.28. The maximum atomic E-state index is 12.8. The second-order valence-corrected chi connectivity index (χ2v) is 7.12. The lowest BCUT2D eigenvalue weighted by Crippen LogP contribution is -2.24. The summed E-state index contributed by atoms with van der Waals surface area (Å²) in [6, 6.07) is 0. The average Bonchev–Trinajstić information content (AvgIpc) is 2.71. The highest BCUT2D eigenvalue weighted by atomic mass is 32.1. The summed E-state index contributed by atoms with van der Waals surface area (Å²) in [4.78, 5) is 19.7. The Morgan fingerprint density at radius 3 is 3.00 bits per heavy atom. The number of aromatic nitrogens is 2. The van der Waals surface area contributed by atoms with Gasteiger partial charge in [-0.15, -0.1) is 11.3 Å². The minimum absolute atomic E-state index is 0.113. The number of thiophene rings is 1. The van der Waals surface area contributed by atoms with Gasteiger partial charge in [0.05, 0.1) is 5.39 Å². The molecule has 3 rings (SSSR count). The third kappa shape index (κ3) is 2.12. The lowest BCUT2D eigenvalue weighted by molar-refractivity contribution is 0.509. The van der Waals surface area contributed by atoms with Crippen molar-refractivity contribution in [2.24, 2.45) is 5.92 Å². The number of aryl methyl sites for hydroxylation is 2. The predicted octanol–water partition coefficient (Wildman–Crippen LogP) is 3.47. The summed E-state index contributed by atoms with van der Waals surface area (Å²) in [6.07, 6.45) is 3.28. The van der Waals surface area contributed by atoms with Crippen molar-refractivity contribution in [2.45, 2.75) is 46.6 Å². The van der Waals surface area contributed by atoms with Gasteiger partial charge < -0.3 is 0 Å². The number of hydrogen-bond acceptors (Lipinski definition) is 3. The Morgan fingerprint density at radius 2 is 2.30 bits per heavy atom. The molecule has 0 fully saturated rings. The third-order valence-corrected chi connectivity index (χ3v) is 5.18. The van der Waals surface area contributed by atoms with Crippen molar-refractivity contribution in [3.8, 4) is 0 Å². The topological polar surface area (TPSA) is 34.9 Å². The van der Waals surface area contributed by atoms with E-state index in [0.29, 0.717) is 12.5 Å². The van der Waals surface area contributed by atoms with E-state index in [1.165, 1.54) is 16.9 Å². The lowest BCUT2D eigenvalue weighted by atomic mass is 9.89. The monoisotopic (exact) mass is 288 g/mol. The van der Waals surface area contributed by atoms with Gasteiger partial charge in [0.2, 0.25) is 0 Å². The van der Waals surface area contributed by atoms with E-state index in [1.54, 1.807) is 15.9 Å². The highest BCUT2D eigenvalue weighted by molar-refractivity contribution is 7.18. The molecule has 1 aliphatic carbocycles. The maximum Gasteiger partial charge on any atom is 0.262 e. The van der Waals surface area contributed by atoms with E-state index in [4.69, 9.17) is 0 Å². The van der Waals surface area contributed by atoms with Crippen molar-refractivity contribution in [1.29, 1.82) is 0 Å². The highest BCUT2D eigenvalue weighted by Gasteiger charge is 2.23. The Labute approximate surface area is 123 Å². The second kappa shape index (κ2) is 4.85. The Morgan fingerprint density at radius 1 is 1.55 bits per heavy atom. The first-order chi connectivity index (χ1) is 9.47. The van der Waals surface area contributed by atoms with Gasteiger partial charge in [0.25, 0.3) is 5.56 Å². The molecule has 0 saturated heterocycles. The molecular formula is C16H20N2OS. The van der Waals surface area contributed by atoms with Crippen LogP contribution in [0.2, 0.25) is 0 Å². The summed E-state index contributed by atoms with van der Waals surface area (Å²) in [5, 5.41) is 0.865. The molecule has 0 radical (unpaired) electrons. The number of rotatable bonds is 2. The summed E-state index contributed by atoms with van der Waals surface area (Å²) >= 11 is 1.71. The summed E-state index contributed by atoms with van der Waals surface area (Å²) in [7, 11) is 0. The normalized spacial score (nSPS) is 18.2. The van der Waals surface area contributed by atoms with Crippen molar-refractivity contribution in [2.75, 3.05) is 0 Å². The van der Waals surface area contributed by atoms with Crippen molar-refractivity contribution in [3.63, 3.8) is 0 Å². The van der Waals surface area contributed by atoms with Crippen LogP contribution in [-0.4, -0.2) is 9.55 Å². The van der Waals surface area contributed by atoms with Crippen molar-refractivity contribution >= 4 is 21.6 Å². The van der Waals surface area contributed by atoms with E-state index in [0.717, 1.165) is 34.5 Å². The average molecular weight is 288 g/mol. The smallest absolute Gasteiger partial charge is 0.262 e. The van der Waals surface area contributed by atoms with Crippen LogP contribution in [0.3, 0.4) is 0 Å². The van der Waals surface area contributed by atoms with Crippen LogP contribution < -0.4 is 5.56 Å². The minimum Gasteiger partial charge on any atom is -0.292 e. The second-order valence-electron chi connectivity index (χ2n) is 6.04. The molecule has 1 unspecified atom stereocenters. The minimum atomic E-state index is 0.113. The largest absolute Gasteiger partial charge is 0.292 e. The van der Waals surface area contributed by atoms with Crippen molar-refractivity contribution in [1.82, 2.24) is 9.55 Å². The molecule has 20 heavy (non-hydrogen) atoms. The fourth-order valence-electron chi connectivity index (χ4n) is 2.98. The van der Waals surface area contributed by atoms with Crippen LogP contribution in [-0.2, 0) is 19.4 Å². The molecule has 0 bridgehead atoms. The van der Waals surface area contributed by atoms with E-state index in [1.807, 2.05) is 13.8 Å². The Hall–Kier alpha value is -1.42. The van der Waals surface area contributed by atoms with Gasteiger partial charge in [-0.3, -0.25) is 9.36 Å². The van der Waals surface area contributed by atoms with Crippen LogP contribution in [0.15, 0.2) is 16.9 Å². The van der Waals surface area contributed by atoms with Crippen LogP contribution in [0.5, 0.6) is 0 Å². The molecule has 2 aromatic rings. The number of hydrogen-bond donors (Lipinski definition) is 0. The first-order valence-electron chi connectivity index (χ1n) is 7.13. The van der Waals surface area contributed by atoms with Gasteiger partial charge in [0.15, 0.2) is 0 Å². The molecule has 0 N–H and O–H groups in total. The molecule has 2 aromatic heterocycles. The molecule has 1 aliphatic rings. The van der Waals surface area contributed by atoms with E-state index in [9.17, 15) is 4.79 Å². The molecule has 0 aromatic carbocycles. The highest BCUT2D eigenvalue weighted by Crippen LogP contribution is 2.35. The third-order valence-electron chi connectivity index (χ3n) is 4.03. The lowest BCUT2D eigenvalue weighted by Gasteiger charge is -2.17. The van der Waals surface area contributed by atoms with Crippen LogP contribution in [0.4, 0.5) is 0 Å². The molecule has 0 amide bonds. The zero-order valence-corrected chi connectivity index (χ0v) is 13.1. The van der Waals surface area contributed by atoms with Crippen molar-refractivity contribution < 1.29 is 0 Å². The first-order valence-corrected chi connectivity index (χ1v) is 7.95. The SMILES string of the molecule is C=C(C)Cn1c(C)nc2sc3c(c2c1=O)CCC(C)C3. The summed E-state index contributed by atoms with van der Waals surface area (Å²) in [5.41, 5.74) is 2.35. The molecule has 0 saturated carbocycles. The summed E-state index contributed by atoms with van der Waals surface area (Å²) in [6.45, 7) is 10.6. The van der Waals surface area contributed by atoms with E-state index < -0.39 is 0 Å². The van der Waals surface area contributed by atoms with E-state index in [-0.39, 0.29) is 5.56 Å². The van der Waals surface area contributed by atoms with Gasteiger partial charge in [0, 0.05) is 11.4 Å². The molecule has 3 nitrogen and oxygen atoms in total. The molecule has 0 aliphatic heterocycles. The predicted molar refractivity (Wildman–Crippen MR) is 84.6 cm³/mol. The molecule has 0 spiro atoms. The summed E-state index contributed by atoms with van der Waals surface area (Å²) < 4.78 is 1.76. The number of nitrogens with zero attached hydrogens (tertiary/aromatic N) is 2. The van der Waals surface area contributed by atoms with Crippen LogP contribution >= 0.6 is 11.3 Å². The zero-order valence-electron chi connectivity index (χ0n) is 12.3. The van der Waals surface area contributed by atoms with E-state index >= 15 is 0 Å². The number of fused-ring (bicyclic) bond motifs is 3. The van der Waals surface area contributed by atoms with Gasteiger partial charge >= 0.3 is 0 Å². The van der Waals surface area contributed by atoms with Crippen LogP contribution in [0.1, 0.15) is 36.5 Å². The van der Waals surface area contributed by atoms with Gasteiger partial charge in [-0.2, -0.15) is 0 Å². The molecule has 4 heteroatoms. The maximum absolute atomic E-state index is 12.8. The quantitative estimate of drug-likeness (QED) is 0.793. The summed E-state index contributed by atoms with van der Waals surface area (Å²) in [5.74, 6) is 1.51. The fourth-order valence-corrected chi connectivity index (χ4v) is 4.40. The van der Waals surface area contributed by atoms with Crippen LogP contribution in [0.25, 0.3) is 10.2 Å². The fraction of sp³-hybridized carbons (Fsp3) is 0.500. The first kappa shape index (κ1) is 13.6. The molecular weight excluding hydrogens is 268 g/mol. The van der Waals surface area contributed by atoms with Crippen LogP contribution in [0, 0.1) is 12.8 Å². The van der Waals surface area contributed by atoms with Crippen molar-refractivity contribution in [3.05, 3.63) is 38.8 Å². The molecule has 106 valence electrons.